The van der Waals surface area contributed by atoms with E-state index in [1.54, 1.807) is 0 Å². The summed E-state index contributed by atoms with van der Waals surface area (Å²) in [6, 6.07) is 8.74. The maximum atomic E-state index is 12.9. The van der Waals surface area contributed by atoms with E-state index in [0.29, 0.717) is 12.0 Å². The highest BCUT2D eigenvalue weighted by Crippen LogP contribution is 2.44. The van der Waals surface area contributed by atoms with Crippen molar-refractivity contribution in [3.05, 3.63) is 29.8 Å². The van der Waals surface area contributed by atoms with Crippen molar-refractivity contribution in [2.75, 3.05) is 4.90 Å². The van der Waals surface area contributed by atoms with Crippen LogP contribution in [-0.2, 0) is 4.79 Å². The Morgan fingerprint density at radius 1 is 1.19 bits per heavy atom. The Hall–Kier alpha value is -1.31. The zero-order valence-electron chi connectivity index (χ0n) is 14.1. The Kier molecular flexibility index (Phi) is 4.75. The van der Waals surface area contributed by atoms with Gasteiger partial charge in [0.25, 0.3) is 0 Å². The maximum absolute atomic E-state index is 12.9. The summed E-state index contributed by atoms with van der Waals surface area (Å²) >= 11 is 0. The fourth-order valence-electron chi connectivity index (χ4n) is 3.31. The van der Waals surface area contributed by atoms with E-state index < -0.39 is 0 Å². The fraction of sp³-hybridized carbons (Fsp3) is 0.632. The third-order valence-corrected chi connectivity index (χ3v) is 4.56. The van der Waals surface area contributed by atoms with Gasteiger partial charge in [-0.3, -0.25) is 4.79 Å². The lowest BCUT2D eigenvalue weighted by Gasteiger charge is -2.33. The van der Waals surface area contributed by atoms with Gasteiger partial charge >= 0.3 is 0 Å². The summed E-state index contributed by atoms with van der Waals surface area (Å²) in [7, 11) is 0. The summed E-state index contributed by atoms with van der Waals surface area (Å²) in [5, 5.41) is 0. The standard InChI is InChI=1S/C19H29NO/c1-6-7-8-12-16-14(2)15-11-9-10-13-17(15)20(16)18(21)19(3,4)5/h9-11,13-14,16H,6-8,12H2,1-5H3/t14-,16+/m1/s1. The third-order valence-electron chi connectivity index (χ3n) is 4.56. The molecule has 2 atom stereocenters. The predicted molar refractivity (Wildman–Crippen MR) is 89.7 cm³/mol. The maximum Gasteiger partial charge on any atom is 0.232 e. The van der Waals surface area contributed by atoms with Gasteiger partial charge in [-0.05, 0) is 18.1 Å². The van der Waals surface area contributed by atoms with Gasteiger partial charge < -0.3 is 4.90 Å². The van der Waals surface area contributed by atoms with Gasteiger partial charge in [-0.1, -0.05) is 72.1 Å². The highest BCUT2D eigenvalue weighted by molar-refractivity contribution is 5.99. The first kappa shape index (κ1) is 16.1. The van der Waals surface area contributed by atoms with E-state index in [2.05, 4.69) is 36.9 Å². The lowest BCUT2D eigenvalue weighted by Crippen LogP contribution is -2.44. The van der Waals surface area contributed by atoms with Crippen molar-refractivity contribution in [1.82, 2.24) is 0 Å². The average Bonchev–Trinajstić information content (AvgIpc) is 2.71. The van der Waals surface area contributed by atoms with Crippen LogP contribution in [0.5, 0.6) is 0 Å². The number of benzene rings is 1. The molecule has 2 heteroatoms. The van der Waals surface area contributed by atoms with E-state index in [1.807, 2.05) is 26.8 Å². The SMILES string of the molecule is CCCCC[C@H]1[C@H](C)c2ccccc2N1C(=O)C(C)(C)C. The number of hydrogen-bond acceptors (Lipinski definition) is 1. The highest BCUT2D eigenvalue weighted by atomic mass is 16.2. The lowest BCUT2D eigenvalue weighted by atomic mass is 9.91. The molecule has 1 aliphatic heterocycles. The first-order valence-corrected chi connectivity index (χ1v) is 8.30. The van der Waals surface area contributed by atoms with Crippen LogP contribution in [0.4, 0.5) is 5.69 Å². The van der Waals surface area contributed by atoms with Gasteiger partial charge in [0.15, 0.2) is 0 Å². The summed E-state index contributed by atoms with van der Waals surface area (Å²) in [6.45, 7) is 10.5. The molecule has 21 heavy (non-hydrogen) atoms. The first-order chi connectivity index (χ1) is 9.88. The van der Waals surface area contributed by atoms with Gasteiger partial charge in [-0.2, -0.15) is 0 Å². The number of carbonyl (C=O) groups excluding carboxylic acids is 1. The zero-order chi connectivity index (χ0) is 15.6. The smallest absolute Gasteiger partial charge is 0.232 e. The van der Waals surface area contributed by atoms with Crippen molar-refractivity contribution < 1.29 is 4.79 Å². The monoisotopic (exact) mass is 287 g/mol. The van der Waals surface area contributed by atoms with E-state index in [4.69, 9.17) is 0 Å². The van der Waals surface area contributed by atoms with E-state index in [-0.39, 0.29) is 11.3 Å². The van der Waals surface area contributed by atoms with E-state index in [1.165, 1.54) is 24.8 Å². The molecule has 1 aliphatic rings. The van der Waals surface area contributed by atoms with Gasteiger partial charge in [0.05, 0.1) is 0 Å². The second-order valence-corrected chi connectivity index (χ2v) is 7.34. The second kappa shape index (κ2) is 6.21. The minimum absolute atomic E-state index is 0.251. The molecule has 2 rings (SSSR count). The Labute approximate surface area is 129 Å². The second-order valence-electron chi connectivity index (χ2n) is 7.34. The van der Waals surface area contributed by atoms with Crippen molar-refractivity contribution in [2.24, 2.45) is 5.41 Å². The molecule has 1 aromatic carbocycles. The Morgan fingerprint density at radius 3 is 2.48 bits per heavy atom. The van der Waals surface area contributed by atoms with Crippen molar-refractivity contribution in [1.29, 1.82) is 0 Å². The predicted octanol–water partition coefficient (Wildman–Crippen LogP) is 5.13. The van der Waals surface area contributed by atoms with Crippen LogP contribution in [-0.4, -0.2) is 11.9 Å². The molecule has 0 aromatic heterocycles. The van der Waals surface area contributed by atoms with Crippen LogP contribution >= 0.6 is 0 Å². The quantitative estimate of drug-likeness (QED) is 0.703. The Balaban J connectivity index is 2.33. The van der Waals surface area contributed by atoms with Gasteiger partial charge in [0.2, 0.25) is 5.91 Å². The molecule has 116 valence electrons. The molecule has 0 N–H and O–H groups in total. The van der Waals surface area contributed by atoms with Crippen LogP contribution in [0.1, 0.15) is 71.8 Å². The number of fused-ring (bicyclic) bond motifs is 1. The number of rotatable bonds is 4. The van der Waals surface area contributed by atoms with Crippen LogP contribution in [0, 0.1) is 5.41 Å². The average molecular weight is 287 g/mol. The van der Waals surface area contributed by atoms with Crippen LogP contribution in [0.3, 0.4) is 0 Å². The first-order valence-electron chi connectivity index (χ1n) is 8.30. The number of nitrogens with zero attached hydrogens (tertiary/aromatic N) is 1. The Morgan fingerprint density at radius 2 is 1.86 bits per heavy atom. The molecule has 1 heterocycles. The largest absolute Gasteiger partial charge is 0.308 e. The molecule has 0 bridgehead atoms. The van der Waals surface area contributed by atoms with Gasteiger partial charge in [0, 0.05) is 23.1 Å². The van der Waals surface area contributed by atoms with Gasteiger partial charge in [0.1, 0.15) is 0 Å². The molecule has 1 aromatic rings. The van der Waals surface area contributed by atoms with E-state index >= 15 is 0 Å². The van der Waals surface area contributed by atoms with E-state index in [0.717, 1.165) is 12.1 Å². The number of unbranched alkanes of at least 4 members (excludes halogenated alkanes) is 2. The van der Waals surface area contributed by atoms with Crippen molar-refractivity contribution in [3.8, 4) is 0 Å². The minimum atomic E-state index is -0.333. The molecule has 0 aliphatic carbocycles. The summed E-state index contributed by atoms with van der Waals surface area (Å²) in [5.41, 5.74) is 2.13. The zero-order valence-corrected chi connectivity index (χ0v) is 14.1. The summed E-state index contributed by atoms with van der Waals surface area (Å²) in [6.07, 6.45) is 4.78. The third kappa shape index (κ3) is 3.14. The van der Waals surface area contributed by atoms with Crippen LogP contribution in [0.2, 0.25) is 0 Å². The lowest BCUT2D eigenvalue weighted by molar-refractivity contribution is -0.126. The number of hydrogen-bond donors (Lipinski definition) is 0. The molecule has 2 nitrogen and oxygen atoms in total. The van der Waals surface area contributed by atoms with Crippen molar-refractivity contribution >= 4 is 11.6 Å². The van der Waals surface area contributed by atoms with Gasteiger partial charge in [-0.25, -0.2) is 0 Å². The van der Waals surface area contributed by atoms with Crippen LogP contribution < -0.4 is 4.90 Å². The number of amides is 1. The van der Waals surface area contributed by atoms with Crippen LogP contribution in [0.25, 0.3) is 0 Å². The van der Waals surface area contributed by atoms with Crippen molar-refractivity contribution in [3.63, 3.8) is 0 Å². The summed E-state index contributed by atoms with van der Waals surface area (Å²) in [4.78, 5) is 15.0. The molecule has 0 radical (unpaired) electrons. The van der Waals surface area contributed by atoms with Crippen LogP contribution in [0.15, 0.2) is 24.3 Å². The topological polar surface area (TPSA) is 20.3 Å². The van der Waals surface area contributed by atoms with Gasteiger partial charge in [-0.15, -0.1) is 0 Å². The molecule has 0 saturated carbocycles. The molecule has 0 spiro atoms. The highest BCUT2D eigenvalue weighted by Gasteiger charge is 2.41. The molecule has 0 unspecified atom stereocenters. The number of anilines is 1. The number of para-hydroxylation sites is 1. The summed E-state index contributed by atoms with van der Waals surface area (Å²) in [5.74, 6) is 0.685. The Bertz CT molecular complexity index is 501. The molecule has 0 fully saturated rings. The van der Waals surface area contributed by atoms with Crippen molar-refractivity contribution in [2.45, 2.75) is 72.3 Å². The molecule has 0 saturated heterocycles. The molecular weight excluding hydrogens is 258 g/mol. The van der Waals surface area contributed by atoms with E-state index in [9.17, 15) is 4.79 Å². The normalized spacial score (nSPS) is 21.5. The molecule has 1 amide bonds. The molecular formula is C19H29NO. The minimum Gasteiger partial charge on any atom is -0.308 e. The number of carbonyl (C=O) groups is 1. The fourth-order valence-corrected chi connectivity index (χ4v) is 3.31. The summed E-state index contributed by atoms with van der Waals surface area (Å²) < 4.78 is 0.